The summed E-state index contributed by atoms with van der Waals surface area (Å²) < 4.78 is 0. The molecule has 5 nitrogen and oxygen atoms in total. The number of pyridine rings is 1. The van der Waals surface area contributed by atoms with Gasteiger partial charge in [-0.15, -0.1) is 0 Å². The van der Waals surface area contributed by atoms with Crippen molar-refractivity contribution in [3.05, 3.63) is 59.4 Å². The second-order valence-corrected chi connectivity index (χ2v) is 4.28. The van der Waals surface area contributed by atoms with E-state index in [-0.39, 0.29) is 11.8 Å². The number of nitrogens with zero attached hydrogens (tertiary/aromatic N) is 1. The maximum atomic E-state index is 12.0. The number of carbonyl (C=O) groups excluding carboxylic acids is 2. The van der Waals surface area contributed by atoms with E-state index < -0.39 is 0 Å². The fourth-order valence-corrected chi connectivity index (χ4v) is 1.75. The molecule has 20 heavy (non-hydrogen) atoms. The van der Waals surface area contributed by atoms with Crippen molar-refractivity contribution in [1.82, 2.24) is 10.3 Å². The Morgan fingerprint density at radius 1 is 1.05 bits per heavy atom. The maximum Gasteiger partial charge on any atom is 0.274 e. The van der Waals surface area contributed by atoms with E-state index in [1.807, 2.05) is 13.0 Å². The van der Waals surface area contributed by atoms with E-state index in [0.717, 1.165) is 5.69 Å². The van der Waals surface area contributed by atoms with Gasteiger partial charge in [-0.25, -0.2) is 4.98 Å². The van der Waals surface area contributed by atoms with Gasteiger partial charge in [0.15, 0.2) is 0 Å². The number of benzene rings is 1. The molecule has 2 amide bonds. The highest BCUT2D eigenvalue weighted by Gasteiger charge is 2.09. The van der Waals surface area contributed by atoms with Crippen molar-refractivity contribution in [1.29, 1.82) is 0 Å². The van der Waals surface area contributed by atoms with Crippen LogP contribution in [0.5, 0.6) is 0 Å². The number of aromatic nitrogens is 1. The lowest BCUT2D eigenvalue weighted by atomic mass is 10.2. The predicted octanol–water partition coefficient (Wildman–Crippen LogP) is 2.00. The van der Waals surface area contributed by atoms with Crippen LogP contribution in [0, 0.1) is 6.92 Å². The van der Waals surface area contributed by atoms with Gasteiger partial charge >= 0.3 is 0 Å². The van der Waals surface area contributed by atoms with Crippen LogP contribution in [0.2, 0.25) is 0 Å². The van der Waals surface area contributed by atoms with E-state index in [1.54, 1.807) is 43.4 Å². The van der Waals surface area contributed by atoms with Gasteiger partial charge in [0.2, 0.25) is 0 Å². The summed E-state index contributed by atoms with van der Waals surface area (Å²) in [6.45, 7) is 1.82. The van der Waals surface area contributed by atoms with Crippen LogP contribution in [0.15, 0.2) is 42.5 Å². The molecule has 5 heteroatoms. The first kappa shape index (κ1) is 13.7. The van der Waals surface area contributed by atoms with Crippen LogP contribution in [0.4, 0.5) is 5.69 Å². The third-order valence-corrected chi connectivity index (χ3v) is 2.73. The topological polar surface area (TPSA) is 71.1 Å². The Morgan fingerprint density at radius 2 is 1.80 bits per heavy atom. The number of rotatable bonds is 3. The van der Waals surface area contributed by atoms with E-state index in [9.17, 15) is 9.59 Å². The van der Waals surface area contributed by atoms with Crippen molar-refractivity contribution >= 4 is 17.5 Å². The Balaban J connectivity index is 2.18. The molecule has 0 fully saturated rings. The van der Waals surface area contributed by atoms with E-state index in [2.05, 4.69) is 15.6 Å². The monoisotopic (exact) mass is 269 g/mol. The van der Waals surface area contributed by atoms with Gasteiger partial charge in [-0.05, 0) is 37.3 Å². The Hall–Kier alpha value is -2.69. The Labute approximate surface area is 117 Å². The molecule has 0 atom stereocenters. The number of nitrogens with one attached hydrogen (secondary N) is 2. The van der Waals surface area contributed by atoms with Crippen LogP contribution in [0.3, 0.4) is 0 Å². The normalized spacial score (nSPS) is 9.90. The molecule has 0 saturated heterocycles. The van der Waals surface area contributed by atoms with Crippen LogP contribution in [0.25, 0.3) is 0 Å². The highest BCUT2D eigenvalue weighted by Crippen LogP contribution is 2.12. The van der Waals surface area contributed by atoms with Crippen molar-refractivity contribution < 1.29 is 9.59 Å². The summed E-state index contributed by atoms with van der Waals surface area (Å²) in [6.07, 6.45) is 0. The molecule has 102 valence electrons. The van der Waals surface area contributed by atoms with Gasteiger partial charge in [0, 0.05) is 24.0 Å². The molecule has 0 aliphatic heterocycles. The van der Waals surface area contributed by atoms with E-state index >= 15 is 0 Å². The maximum absolute atomic E-state index is 12.0. The van der Waals surface area contributed by atoms with Gasteiger partial charge in [0.25, 0.3) is 11.8 Å². The Morgan fingerprint density at radius 3 is 2.50 bits per heavy atom. The van der Waals surface area contributed by atoms with Crippen LogP contribution >= 0.6 is 0 Å². The molecule has 0 saturated carbocycles. The van der Waals surface area contributed by atoms with Crippen molar-refractivity contribution in [2.24, 2.45) is 0 Å². The number of aryl methyl sites for hydroxylation is 1. The molecule has 1 aromatic heterocycles. The van der Waals surface area contributed by atoms with Gasteiger partial charge in [-0.1, -0.05) is 12.1 Å². The SMILES string of the molecule is CNC(=O)c1cccc(NC(=O)c2cccc(C)n2)c1. The zero-order valence-corrected chi connectivity index (χ0v) is 11.3. The third-order valence-electron chi connectivity index (χ3n) is 2.73. The van der Waals surface area contributed by atoms with Crippen LogP contribution in [-0.2, 0) is 0 Å². The number of carbonyl (C=O) groups is 2. The molecule has 0 aliphatic rings. The summed E-state index contributed by atoms with van der Waals surface area (Å²) in [7, 11) is 1.56. The Kier molecular flexibility index (Phi) is 4.10. The minimum Gasteiger partial charge on any atom is -0.355 e. The predicted molar refractivity (Wildman–Crippen MR) is 76.8 cm³/mol. The van der Waals surface area contributed by atoms with Gasteiger partial charge in [-0.3, -0.25) is 9.59 Å². The summed E-state index contributed by atoms with van der Waals surface area (Å²) >= 11 is 0. The lowest BCUT2D eigenvalue weighted by molar-refractivity contribution is 0.0961. The zero-order chi connectivity index (χ0) is 14.5. The van der Waals surface area contributed by atoms with Gasteiger partial charge in [0.05, 0.1) is 0 Å². The number of amides is 2. The van der Waals surface area contributed by atoms with Crippen molar-refractivity contribution in [3.8, 4) is 0 Å². The highest BCUT2D eigenvalue weighted by molar-refractivity contribution is 6.03. The zero-order valence-electron chi connectivity index (χ0n) is 11.3. The Bertz CT molecular complexity index is 653. The molecule has 2 rings (SSSR count). The molecular weight excluding hydrogens is 254 g/mol. The van der Waals surface area contributed by atoms with Crippen LogP contribution in [-0.4, -0.2) is 23.8 Å². The van der Waals surface area contributed by atoms with Crippen molar-refractivity contribution in [2.75, 3.05) is 12.4 Å². The highest BCUT2D eigenvalue weighted by atomic mass is 16.2. The van der Waals surface area contributed by atoms with Crippen LogP contribution in [0.1, 0.15) is 26.5 Å². The minimum absolute atomic E-state index is 0.199. The summed E-state index contributed by atoms with van der Waals surface area (Å²) in [5.41, 5.74) is 2.16. The molecule has 1 aromatic carbocycles. The second kappa shape index (κ2) is 5.97. The molecular formula is C15H15N3O2. The molecule has 0 aliphatic carbocycles. The van der Waals surface area contributed by atoms with Crippen LogP contribution < -0.4 is 10.6 Å². The molecule has 0 radical (unpaired) electrons. The smallest absolute Gasteiger partial charge is 0.274 e. The summed E-state index contributed by atoms with van der Waals surface area (Å²) in [5.74, 6) is -0.502. The van der Waals surface area contributed by atoms with Crippen molar-refractivity contribution in [2.45, 2.75) is 6.92 Å². The second-order valence-electron chi connectivity index (χ2n) is 4.28. The third kappa shape index (κ3) is 3.20. The minimum atomic E-state index is -0.303. The molecule has 2 N–H and O–H groups in total. The first-order chi connectivity index (χ1) is 9.60. The lowest BCUT2D eigenvalue weighted by Gasteiger charge is -2.07. The standard InChI is InChI=1S/C15H15N3O2/c1-10-5-3-8-13(17-10)15(20)18-12-7-4-6-11(9-12)14(19)16-2/h3-9H,1-2H3,(H,16,19)(H,18,20). The summed E-state index contributed by atoms with van der Waals surface area (Å²) in [4.78, 5) is 27.7. The number of hydrogen-bond donors (Lipinski definition) is 2. The number of anilines is 1. The van der Waals surface area contributed by atoms with Gasteiger partial charge in [0.1, 0.15) is 5.69 Å². The van der Waals surface area contributed by atoms with Gasteiger partial charge in [-0.2, -0.15) is 0 Å². The molecule has 0 unspecified atom stereocenters. The fourth-order valence-electron chi connectivity index (χ4n) is 1.75. The summed E-state index contributed by atoms with van der Waals surface area (Å²) in [5, 5.41) is 5.26. The lowest BCUT2D eigenvalue weighted by Crippen LogP contribution is -2.18. The molecule has 0 spiro atoms. The average Bonchev–Trinajstić information content (AvgIpc) is 2.46. The summed E-state index contributed by atoms with van der Waals surface area (Å²) in [6, 6.07) is 12.0. The van der Waals surface area contributed by atoms with Gasteiger partial charge < -0.3 is 10.6 Å². The first-order valence-corrected chi connectivity index (χ1v) is 6.17. The molecule has 1 heterocycles. The largest absolute Gasteiger partial charge is 0.355 e. The van der Waals surface area contributed by atoms with E-state index in [0.29, 0.717) is 16.9 Å². The first-order valence-electron chi connectivity index (χ1n) is 6.17. The van der Waals surface area contributed by atoms with Crippen molar-refractivity contribution in [3.63, 3.8) is 0 Å². The number of hydrogen-bond acceptors (Lipinski definition) is 3. The molecule has 0 bridgehead atoms. The van der Waals surface area contributed by atoms with E-state index in [1.165, 1.54) is 0 Å². The average molecular weight is 269 g/mol. The quantitative estimate of drug-likeness (QED) is 0.895. The van der Waals surface area contributed by atoms with E-state index in [4.69, 9.17) is 0 Å². The molecule has 2 aromatic rings. The fraction of sp³-hybridized carbons (Fsp3) is 0.133.